The number of nitrogens with zero attached hydrogens (tertiary/aromatic N) is 2. The summed E-state index contributed by atoms with van der Waals surface area (Å²) in [5.74, 6) is 1.99. The van der Waals surface area contributed by atoms with E-state index in [2.05, 4.69) is 9.88 Å². The lowest BCUT2D eigenvalue weighted by atomic mass is 9.98. The molecule has 3 heterocycles. The minimum atomic E-state index is -0.318. The van der Waals surface area contributed by atoms with Gasteiger partial charge in [-0.25, -0.2) is 4.98 Å². The van der Waals surface area contributed by atoms with Crippen LogP contribution in [0.2, 0.25) is 0 Å². The molecule has 1 aliphatic heterocycles. The third kappa shape index (κ3) is 3.04. The molecule has 2 aromatic rings. The number of hydrogen-bond acceptors (Lipinski definition) is 5. The third-order valence-electron chi connectivity index (χ3n) is 4.20. The van der Waals surface area contributed by atoms with Gasteiger partial charge in [0.05, 0.1) is 18.1 Å². The van der Waals surface area contributed by atoms with Crippen molar-refractivity contribution in [2.45, 2.75) is 51.8 Å². The van der Waals surface area contributed by atoms with Crippen LogP contribution in [-0.2, 0) is 6.54 Å². The minimum Gasteiger partial charge on any atom is -0.459 e. The Bertz CT molecular complexity index is 574. The normalized spacial score (nSPS) is 21.6. The maximum absolute atomic E-state index is 9.95. The number of rotatable bonds is 4. The van der Waals surface area contributed by atoms with Crippen LogP contribution in [0.5, 0.6) is 0 Å². The first kappa shape index (κ1) is 14.4. The van der Waals surface area contributed by atoms with E-state index in [4.69, 9.17) is 8.83 Å². The maximum Gasteiger partial charge on any atom is 0.263 e. The lowest BCUT2D eigenvalue weighted by Crippen LogP contribution is -2.45. The van der Waals surface area contributed by atoms with Gasteiger partial charge in [-0.3, -0.25) is 4.90 Å². The zero-order chi connectivity index (χ0) is 14.8. The number of aliphatic hydroxyl groups excluding tert-OH is 1. The van der Waals surface area contributed by atoms with Crippen LogP contribution in [0, 0.1) is 6.92 Å². The zero-order valence-electron chi connectivity index (χ0n) is 12.6. The van der Waals surface area contributed by atoms with Crippen molar-refractivity contribution in [2.24, 2.45) is 0 Å². The monoisotopic (exact) mass is 290 g/mol. The second-order valence-electron chi connectivity index (χ2n) is 5.77. The molecule has 1 fully saturated rings. The van der Waals surface area contributed by atoms with Gasteiger partial charge in [-0.15, -0.1) is 0 Å². The Morgan fingerprint density at radius 1 is 1.48 bits per heavy atom. The summed E-state index contributed by atoms with van der Waals surface area (Å²) in [6.45, 7) is 5.51. The predicted octanol–water partition coefficient (Wildman–Crippen LogP) is 2.98. The van der Waals surface area contributed by atoms with E-state index in [1.165, 1.54) is 12.8 Å². The second-order valence-corrected chi connectivity index (χ2v) is 5.77. The molecule has 2 atom stereocenters. The van der Waals surface area contributed by atoms with Crippen molar-refractivity contribution in [3.8, 4) is 11.7 Å². The molecule has 1 N–H and O–H groups in total. The van der Waals surface area contributed by atoms with Crippen LogP contribution in [0.25, 0.3) is 11.7 Å². The Balaban J connectivity index is 1.78. The Morgan fingerprint density at radius 3 is 3.05 bits per heavy atom. The first-order valence-electron chi connectivity index (χ1n) is 7.57. The molecule has 1 aliphatic rings. The molecule has 5 nitrogen and oxygen atoms in total. The topological polar surface area (TPSA) is 62.6 Å². The van der Waals surface area contributed by atoms with E-state index in [1.54, 1.807) is 6.26 Å². The molecular formula is C16H22N2O3. The molecule has 0 aliphatic carbocycles. The lowest BCUT2D eigenvalue weighted by Gasteiger charge is -2.37. The fourth-order valence-corrected chi connectivity index (χ4v) is 3.03. The average Bonchev–Trinajstić information content (AvgIpc) is 3.10. The smallest absolute Gasteiger partial charge is 0.263 e. The van der Waals surface area contributed by atoms with Crippen molar-refractivity contribution in [3.05, 3.63) is 29.9 Å². The molecule has 3 rings (SSSR count). The first-order chi connectivity index (χ1) is 10.1. The lowest BCUT2D eigenvalue weighted by molar-refractivity contribution is 0.0308. The van der Waals surface area contributed by atoms with Gasteiger partial charge >= 0.3 is 0 Å². The van der Waals surface area contributed by atoms with Gasteiger partial charge < -0.3 is 13.9 Å². The highest BCUT2D eigenvalue weighted by molar-refractivity contribution is 5.44. The molecule has 0 unspecified atom stereocenters. The zero-order valence-corrected chi connectivity index (χ0v) is 12.6. The first-order valence-corrected chi connectivity index (χ1v) is 7.57. The SMILES string of the molecule is Cc1oc(-c2ccco2)nc1CN1CCCC[C@H]1[C@H](C)O. The maximum atomic E-state index is 9.95. The molecule has 0 saturated carbocycles. The summed E-state index contributed by atoms with van der Waals surface area (Å²) in [6, 6.07) is 3.87. The summed E-state index contributed by atoms with van der Waals surface area (Å²) in [4.78, 5) is 6.87. The van der Waals surface area contributed by atoms with Crippen molar-refractivity contribution >= 4 is 0 Å². The number of oxazole rings is 1. The number of aromatic nitrogens is 1. The van der Waals surface area contributed by atoms with Crippen molar-refractivity contribution in [1.29, 1.82) is 0 Å². The average molecular weight is 290 g/mol. The fourth-order valence-electron chi connectivity index (χ4n) is 3.03. The number of aliphatic hydroxyl groups is 1. The fraction of sp³-hybridized carbons (Fsp3) is 0.562. The van der Waals surface area contributed by atoms with Crippen LogP contribution in [0.3, 0.4) is 0 Å². The molecule has 0 spiro atoms. The van der Waals surface area contributed by atoms with Crippen molar-refractivity contribution in [2.75, 3.05) is 6.54 Å². The molecule has 0 bridgehead atoms. The van der Waals surface area contributed by atoms with E-state index in [9.17, 15) is 5.11 Å². The third-order valence-corrected chi connectivity index (χ3v) is 4.20. The molecular weight excluding hydrogens is 268 g/mol. The summed E-state index contributed by atoms with van der Waals surface area (Å²) in [5.41, 5.74) is 0.925. The van der Waals surface area contributed by atoms with Gasteiger partial charge in [-0.1, -0.05) is 6.42 Å². The standard InChI is InChI=1S/C16H22N2O3/c1-11(19)14-6-3-4-8-18(14)10-13-12(2)21-16(17-13)15-7-5-9-20-15/h5,7,9,11,14,19H,3-4,6,8,10H2,1-2H3/t11-,14-/m0/s1. The van der Waals surface area contributed by atoms with E-state index in [0.29, 0.717) is 18.2 Å². The van der Waals surface area contributed by atoms with Crippen LogP contribution in [-0.4, -0.2) is 33.7 Å². The van der Waals surface area contributed by atoms with Crippen molar-refractivity contribution < 1.29 is 13.9 Å². The van der Waals surface area contributed by atoms with Gasteiger partial charge in [-0.2, -0.15) is 0 Å². The molecule has 0 amide bonds. The van der Waals surface area contributed by atoms with Gasteiger partial charge in [0.2, 0.25) is 0 Å². The summed E-state index contributed by atoms with van der Waals surface area (Å²) in [7, 11) is 0. The van der Waals surface area contributed by atoms with E-state index >= 15 is 0 Å². The Hall–Kier alpha value is -1.59. The molecule has 0 radical (unpaired) electrons. The predicted molar refractivity (Wildman–Crippen MR) is 78.7 cm³/mol. The number of likely N-dealkylation sites (tertiary alicyclic amines) is 1. The highest BCUT2D eigenvalue weighted by Crippen LogP contribution is 2.26. The number of furan rings is 1. The Morgan fingerprint density at radius 2 is 2.33 bits per heavy atom. The number of piperidine rings is 1. The van der Waals surface area contributed by atoms with Crippen LogP contribution >= 0.6 is 0 Å². The van der Waals surface area contributed by atoms with Crippen LogP contribution < -0.4 is 0 Å². The van der Waals surface area contributed by atoms with Crippen molar-refractivity contribution in [3.63, 3.8) is 0 Å². The largest absolute Gasteiger partial charge is 0.459 e. The van der Waals surface area contributed by atoms with Crippen molar-refractivity contribution in [1.82, 2.24) is 9.88 Å². The van der Waals surface area contributed by atoms with E-state index in [0.717, 1.165) is 24.4 Å². The Labute approximate surface area is 124 Å². The minimum absolute atomic E-state index is 0.210. The summed E-state index contributed by atoms with van der Waals surface area (Å²) >= 11 is 0. The molecule has 0 aromatic carbocycles. The van der Waals surface area contributed by atoms with Gasteiger partial charge in [0.1, 0.15) is 5.76 Å². The second kappa shape index (κ2) is 6.03. The Kier molecular flexibility index (Phi) is 4.12. The number of hydrogen-bond donors (Lipinski definition) is 1. The van der Waals surface area contributed by atoms with E-state index in [-0.39, 0.29) is 12.1 Å². The van der Waals surface area contributed by atoms with Gasteiger partial charge in [0.15, 0.2) is 5.76 Å². The molecule has 2 aromatic heterocycles. The number of aryl methyl sites for hydroxylation is 1. The van der Waals surface area contributed by atoms with E-state index < -0.39 is 0 Å². The van der Waals surface area contributed by atoms with Gasteiger partial charge in [0.25, 0.3) is 5.89 Å². The molecule has 114 valence electrons. The van der Waals surface area contributed by atoms with Crippen LogP contribution in [0.15, 0.2) is 27.2 Å². The molecule has 21 heavy (non-hydrogen) atoms. The molecule has 5 heteroatoms. The quantitative estimate of drug-likeness (QED) is 0.938. The van der Waals surface area contributed by atoms with Crippen LogP contribution in [0.4, 0.5) is 0 Å². The highest BCUT2D eigenvalue weighted by atomic mass is 16.4. The van der Waals surface area contributed by atoms with Gasteiger partial charge in [-0.05, 0) is 45.4 Å². The summed E-state index contributed by atoms with van der Waals surface area (Å²) < 4.78 is 11.0. The van der Waals surface area contributed by atoms with E-state index in [1.807, 2.05) is 26.0 Å². The summed E-state index contributed by atoms with van der Waals surface area (Å²) in [5, 5.41) is 9.95. The molecule has 1 saturated heterocycles. The highest BCUT2D eigenvalue weighted by Gasteiger charge is 2.27. The van der Waals surface area contributed by atoms with Crippen LogP contribution in [0.1, 0.15) is 37.6 Å². The van der Waals surface area contributed by atoms with Gasteiger partial charge in [0, 0.05) is 12.6 Å². The summed E-state index contributed by atoms with van der Waals surface area (Å²) in [6.07, 6.45) is 4.69.